The largest absolute Gasteiger partial charge is 0.309 e. The molecule has 0 aliphatic carbocycles. The van der Waals surface area contributed by atoms with Gasteiger partial charge in [0.2, 0.25) is 0 Å². The van der Waals surface area contributed by atoms with Gasteiger partial charge in [0.1, 0.15) is 0 Å². The molecule has 0 saturated heterocycles. The highest BCUT2D eigenvalue weighted by Gasteiger charge is 2.29. The summed E-state index contributed by atoms with van der Waals surface area (Å²) < 4.78 is 14.8. The molecular weight excluding hydrogens is 483 g/mol. The van der Waals surface area contributed by atoms with Gasteiger partial charge in [-0.15, -0.1) is 0 Å². The summed E-state index contributed by atoms with van der Waals surface area (Å²) in [5.41, 5.74) is 4.06. The Hall–Kier alpha value is -4.59. The molecule has 4 heteroatoms. The second kappa shape index (κ2) is 9.06. The number of rotatable bonds is 4. The average Bonchev–Trinajstić information content (AvgIpc) is 3.00. The maximum absolute atomic E-state index is 14.8. The van der Waals surface area contributed by atoms with Gasteiger partial charge in [0.15, 0.2) is 7.14 Å². The van der Waals surface area contributed by atoms with Crippen molar-refractivity contribution in [2.45, 2.75) is 0 Å². The topological polar surface area (TPSA) is 42.9 Å². The Kier molecular flexibility index (Phi) is 5.39. The third kappa shape index (κ3) is 3.63. The van der Waals surface area contributed by atoms with Crippen LogP contribution in [0, 0.1) is 0 Å². The molecule has 0 aliphatic heterocycles. The molecule has 0 aliphatic rings. The van der Waals surface area contributed by atoms with E-state index < -0.39 is 7.14 Å². The highest BCUT2D eigenvalue weighted by molar-refractivity contribution is 7.85. The summed E-state index contributed by atoms with van der Waals surface area (Å²) in [6.45, 7) is 0. The number of aromatic nitrogens is 2. The van der Waals surface area contributed by atoms with E-state index in [1.807, 2.05) is 91.3 Å². The Labute approximate surface area is 220 Å². The summed E-state index contributed by atoms with van der Waals surface area (Å²) in [5.74, 6) is 0. The quantitative estimate of drug-likeness (QED) is 0.187. The molecule has 0 radical (unpaired) electrons. The standard InChI is InChI=1S/C34H23N2OP/c37-38(28-10-3-1-4-11-28,29-12-5-2-6-13-29)30-18-17-24-21-26(16-15-25(24)22-30)32-23-27-9-7-19-35-33(27)34-31(32)14-8-20-36-34/h1-23H. The summed E-state index contributed by atoms with van der Waals surface area (Å²) in [6, 6.07) is 42.6. The molecule has 7 rings (SSSR count). The van der Waals surface area contributed by atoms with Crippen molar-refractivity contribution in [2.24, 2.45) is 0 Å². The molecule has 0 fully saturated rings. The van der Waals surface area contributed by atoms with E-state index in [-0.39, 0.29) is 0 Å². The lowest BCUT2D eigenvalue weighted by atomic mass is 9.96. The highest BCUT2D eigenvalue weighted by Crippen LogP contribution is 2.43. The molecule has 5 aromatic carbocycles. The first-order valence-corrected chi connectivity index (χ1v) is 14.3. The number of nitrogens with zero attached hydrogens (tertiary/aromatic N) is 2. The minimum Gasteiger partial charge on any atom is -0.309 e. The molecule has 0 spiro atoms. The predicted octanol–water partition coefficient (Wildman–Crippen LogP) is 7.24. The van der Waals surface area contributed by atoms with Gasteiger partial charge in [0.25, 0.3) is 0 Å². The Balaban J connectivity index is 1.40. The summed E-state index contributed by atoms with van der Waals surface area (Å²) in [5, 5.41) is 6.81. The van der Waals surface area contributed by atoms with Crippen LogP contribution < -0.4 is 15.9 Å². The van der Waals surface area contributed by atoms with Crippen LogP contribution >= 0.6 is 7.14 Å². The van der Waals surface area contributed by atoms with Gasteiger partial charge in [-0.05, 0) is 52.2 Å². The van der Waals surface area contributed by atoms with Crippen LogP contribution in [0.4, 0.5) is 0 Å². The maximum Gasteiger partial charge on any atom is 0.171 e. The summed E-state index contributed by atoms with van der Waals surface area (Å²) in [4.78, 5) is 9.25. The van der Waals surface area contributed by atoms with Crippen molar-refractivity contribution in [2.75, 3.05) is 0 Å². The smallest absolute Gasteiger partial charge is 0.171 e. The molecular formula is C34H23N2OP. The molecule has 0 N–H and O–H groups in total. The molecule has 0 bridgehead atoms. The van der Waals surface area contributed by atoms with E-state index in [2.05, 4.69) is 58.5 Å². The zero-order valence-corrected chi connectivity index (χ0v) is 21.4. The van der Waals surface area contributed by atoms with Gasteiger partial charge >= 0.3 is 0 Å². The fourth-order valence-corrected chi connectivity index (χ4v) is 8.02. The number of fused-ring (bicyclic) bond motifs is 4. The van der Waals surface area contributed by atoms with Gasteiger partial charge in [-0.2, -0.15) is 0 Å². The number of benzene rings is 5. The highest BCUT2D eigenvalue weighted by atomic mass is 31.2. The van der Waals surface area contributed by atoms with E-state index in [0.717, 1.165) is 59.6 Å². The van der Waals surface area contributed by atoms with Crippen LogP contribution in [0.25, 0.3) is 43.7 Å². The van der Waals surface area contributed by atoms with Gasteiger partial charge in [-0.25, -0.2) is 0 Å². The van der Waals surface area contributed by atoms with Gasteiger partial charge in [0, 0.05) is 39.1 Å². The zero-order chi connectivity index (χ0) is 25.5. The molecule has 2 heterocycles. The number of hydrogen-bond acceptors (Lipinski definition) is 3. The lowest BCUT2D eigenvalue weighted by Gasteiger charge is -2.20. The summed E-state index contributed by atoms with van der Waals surface area (Å²) in [7, 11) is -3.03. The number of hydrogen-bond donors (Lipinski definition) is 0. The van der Waals surface area contributed by atoms with E-state index >= 15 is 0 Å². The Bertz CT molecular complexity index is 1960. The average molecular weight is 507 g/mol. The normalized spacial score (nSPS) is 11.8. The minimum atomic E-state index is -3.03. The third-order valence-electron chi connectivity index (χ3n) is 7.20. The molecule has 2 aromatic heterocycles. The maximum atomic E-state index is 14.8. The van der Waals surface area contributed by atoms with Crippen LogP contribution in [0.2, 0.25) is 0 Å². The van der Waals surface area contributed by atoms with Crippen LogP contribution in [-0.4, -0.2) is 9.97 Å². The first-order chi connectivity index (χ1) is 18.7. The first kappa shape index (κ1) is 22.6. The second-order valence-corrected chi connectivity index (χ2v) is 12.2. The predicted molar refractivity (Wildman–Crippen MR) is 159 cm³/mol. The van der Waals surface area contributed by atoms with Crippen molar-refractivity contribution < 1.29 is 4.57 Å². The van der Waals surface area contributed by atoms with Crippen LogP contribution in [0.5, 0.6) is 0 Å². The molecule has 3 nitrogen and oxygen atoms in total. The van der Waals surface area contributed by atoms with Gasteiger partial charge < -0.3 is 4.57 Å². The van der Waals surface area contributed by atoms with Gasteiger partial charge in [-0.3, -0.25) is 9.97 Å². The Morgan fingerprint density at radius 2 is 1.11 bits per heavy atom. The van der Waals surface area contributed by atoms with Crippen molar-refractivity contribution in [3.05, 3.63) is 140 Å². The zero-order valence-electron chi connectivity index (χ0n) is 20.5. The molecule has 180 valence electrons. The Morgan fingerprint density at radius 1 is 0.474 bits per heavy atom. The fraction of sp³-hybridized carbons (Fsp3) is 0. The minimum absolute atomic E-state index is 0.835. The van der Waals surface area contributed by atoms with E-state index in [1.165, 1.54) is 0 Å². The SMILES string of the molecule is O=P(c1ccccc1)(c1ccccc1)c1ccc2cc(-c3cc4cccnc4c4ncccc34)ccc2c1. The number of pyridine rings is 2. The van der Waals surface area contributed by atoms with E-state index in [4.69, 9.17) is 0 Å². The molecule has 0 amide bonds. The van der Waals surface area contributed by atoms with Gasteiger partial charge in [0.05, 0.1) is 11.0 Å². The van der Waals surface area contributed by atoms with E-state index in [9.17, 15) is 4.57 Å². The van der Waals surface area contributed by atoms with E-state index in [1.54, 1.807) is 0 Å². The van der Waals surface area contributed by atoms with Crippen molar-refractivity contribution in [1.29, 1.82) is 0 Å². The van der Waals surface area contributed by atoms with Gasteiger partial charge in [-0.1, -0.05) is 97.1 Å². The monoisotopic (exact) mass is 506 g/mol. The molecule has 7 aromatic rings. The van der Waals surface area contributed by atoms with Crippen LogP contribution in [0.15, 0.2) is 140 Å². The molecule has 0 saturated carbocycles. The van der Waals surface area contributed by atoms with E-state index in [0.29, 0.717) is 0 Å². The molecule has 0 atom stereocenters. The van der Waals surface area contributed by atoms with Crippen LogP contribution in [-0.2, 0) is 4.57 Å². The lowest BCUT2D eigenvalue weighted by Crippen LogP contribution is -2.24. The third-order valence-corrected chi connectivity index (χ3v) is 10.3. The van der Waals surface area contributed by atoms with Crippen LogP contribution in [0.1, 0.15) is 0 Å². The van der Waals surface area contributed by atoms with Crippen molar-refractivity contribution >= 4 is 55.6 Å². The molecule has 38 heavy (non-hydrogen) atoms. The fourth-order valence-electron chi connectivity index (χ4n) is 5.34. The molecule has 0 unspecified atom stereocenters. The van der Waals surface area contributed by atoms with Crippen molar-refractivity contribution in [3.8, 4) is 11.1 Å². The summed E-state index contributed by atoms with van der Waals surface area (Å²) in [6.07, 6.45) is 3.63. The second-order valence-electron chi connectivity index (χ2n) is 9.43. The Morgan fingerprint density at radius 3 is 1.84 bits per heavy atom. The summed E-state index contributed by atoms with van der Waals surface area (Å²) >= 11 is 0. The lowest BCUT2D eigenvalue weighted by molar-refractivity contribution is 0.592. The van der Waals surface area contributed by atoms with Crippen molar-refractivity contribution in [3.63, 3.8) is 0 Å². The van der Waals surface area contributed by atoms with Crippen LogP contribution in [0.3, 0.4) is 0 Å². The first-order valence-electron chi connectivity index (χ1n) is 12.6. The van der Waals surface area contributed by atoms with Crippen molar-refractivity contribution in [1.82, 2.24) is 9.97 Å².